The van der Waals surface area contributed by atoms with Gasteiger partial charge in [0.05, 0.1) is 10.6 Å². The van der Waals surface area contributed by atoms with E-state index in [1.165, 1.54) is 12.4 Å². The molecule has 2 aromatic carbocycles. The van der Waals surface area contributed by atoms with Gasteiger partial charge in [-0.1, -0.05) is 35.3 Å². The number of hydrogen-bond donors (Lipinski definition) is 3. The van der Waals surface area contributed by atoms with Crippen molar-refractivity contribution in [2.75, 3.05) is 16.4 Å². The van der Waals surface area contributed by atoms with E-state index < -0.39 is 11.7 Å². The molecule has 1 heterocycles. The van der Waals surface area contributed by atoms with Gasteiger partial charge < -0.3 is 16.4 Å². The highest BCUT2D eigenvalue weighted by Crippen LogP contribution is 2.37. The quantitative estimate of drug-likeness (QED) is 0.483. The van der Waals surface area contributed by atoms with Crippen molar-refractivity contribution in [3.63, 3.8) is 0 Å². The first-order valence-electron chi connectivity index (χ1n) is 7.96. The van der Waals surface area contributed by atoms with Crippen LogP contribution in [0.4, 0.5) is 36.2 Å². The highest BCUT2D eigenvalue weighted by molar-refractivity contribution is 6.31. The molecule has 3 aromatic rings. The van der Waals surface area contributed by atoms with Gasteiger partial charge in [0.1, 0.15) is 12.0 Å². The number of aromatic nitrogens is 2. The van der Waals surface area contributed by atoms with E-state index in [-0.39, 0.29) is 22.2 Å². The largest absolute Gasteiger partial charge is 0.417 e. The third kappa shape index (κ3) is 4.76. The Morgan fingerprint density at radius 1 is 0.964 bits per heavy atom. The van der Waals surface area contributed by atoms with Crippen molar-refractivity contribution >= 4 is 46.2 Å². The summed E-state index contributed by atoms with van der Waals surface area (Å²) in [6, 6.07) is 10.7. The predicted octanol–water partition coefficient (Wildman–Crippen LogP) is 5.74. The van der Waals surface area contributed by atoms with Gasteiger partial charge in [0.15, 0.2) is 11.6 Å². The number of nitrogens with two attached hydrogens (primary N) is 1. The molecule has 10 heteroatoms. The van der Waals surface area contributed by atoms with E-state index in [9.17, 15) is 13.2 Å². The maximum atomic E-state index is 13.0. The number of alkyl halides is 3. The second kappa shape index (κ2) is 8.12. The van der Waals surface area contributed by atoms with Crippen LogP contribution in [-0.2, 0) is 12.7 Å². The van der Waals surface area contributed by atoms with Gasteiger partial charge in [0.25, 0.3) is 0 Å². The molecule has 0 aliphatic rings. The van der Waals surface area contributed by atoms with Crippen LogP contribution in [0.1, 0.15) is 11.1 Å². The molecule has 0 atom stereocenters. The van der Waals surface area contributed by atoms with Crippen molar-refractivity contribution in [1.82, 2.24) is 9.97 Å². The maximum Gasteiger partial charge on any atom is 0.417 e. The fourth-order valence-corrected chi connectivity index (χ4v) is 2.73. The summed E-state index contributed by atoms with van der Waals surface area (Å²) in [7, 11) is 0. The lowest BCUT2D eigenvalue weighted by Crippen LogP contribution is -2.09. The van der Waals surface area contributed by atoms with Crippen molar-refractivity contribution < 1.29 is 13.2 Å². The zero-order chi connectivity index (χ0) is 20.3. The Balaban J connectivity index is 1.78. The van der Waals surface area contributed by atoms with Crippen LogP contribution in [0.15, 0.2) is 48.8 Å². The fraction of sp³-hybridized carbons (Fsp3) is 0.111. The van der Waals surface area contributed by atoms with Crippen LogP contribution in [0.5, 0.6) is 0 Å². The lowest BCUT2D eigenvalue weighted by molar-refractivity contribution is -0.137. The van der Waals surface area contributed by atoms with Gasteiger partial charge in [-0.2, -0.15) is 13.2 Å². The van der Waals surface area contributed by atoms with Crippen LogP contribution >= 0.6 is 23.2 Å². The minimum absolute atomic E-state index is 0.144. The minimum atomic E-state index is -4.57. The molecule has 0 fully saturated rings. The molecule has 0 saturated carbocycles. The van der Waals surface area contributed by atoms with Crippen LogP contribution in [-0.4, -0.2) is 9.97 Å². The smallest absolute Gasteiger partial charge is 0.393 e. The van der Waals surface area contributed by atoms with Gasteiger partial charge >= 0.3 is 6.18 Å². The third-order valence-corrected chi connectivity index (χ3v) is 4.37. The summed E-state index contributed by atoms with van der Waals surface area (Å²) in [4.78, 5) is 8.07. The maximum absolute atomic E-state index is 13.0. The Labute approximate surface area is 168 Å². The topological polar surface area (TPSA) is 75.9 Å². The number of nitrogens with zero attached hydrogens (tertiary/aromatic N) is 2. The van der Waals surface area contributed by atoms with Gasteiger partial charge in [0.2, 0.25) is 0 Å². The number of hydrogen-bond acceptors (Lipinski definition) is 5. The molecule has 0 aliphatic heterocycles. The summed E-state index contributed by atoms with van der Waals surface area (Å²) >= 11 is 11.5. The highest BCUT2D eigenvalue weighted by Gasteiger charge is 2.33. The summed E-state index contributed by atoms with van der Waals surface area (Å²) in [5, 5.41) is 6.06. The molecule has 4 N–H and O–H groups in total. The van der Waals surface area contributed by atoms with E-state index in [1.54, 1.807) is 12.1 Å². The molecule has 0 spiro atoms. The van der Waals surface area contributed by atoms with Crippen molar-refractivity contribution in [2.45, 2.75) is 12.7 Å². The number of rotatable bonds is 5. The van der Waals surface area contributed by atoms with Crippen molar-refractivity contribution in [3.8, 4) is 0 Å². The molecule has 0 radical (unpaired) electrons. The first-order valence-corrected chi connectivity index (χ1v) is 8.72. The van der Waals surface area contributed by atoms with E-state index in [4.69, 9.17) is 28.9 Å². The molecular formula is C18H14Cl2F3N5. The fourth-order valence-electron chi connectivity index (χ4n) is 2.38. The summed E-state index contributed by atoms with van der Waals surface area (Å²) < 4.78 is 39.0. The van der Waals surface area contributed by atoms with Gasteiger partial charge in [-0.05, 0) is 35.9 Å². The van der Waals surface area contributed by atoms with E-state index in [1.807, 2.05) is 12.1 Å². The number of anilines is 4. The monoisotopic (exact) mass is 427 g/mol. The molecule has 0 bridgehead atoms. The zero-order valence-corrected chi connectivity index (χ0v) is 15.7. The zero-order valence-electron chi connectivity index (χ0n) is 14.2. The lowest BCUT2D eigenvalue weighted by Gasteiger charge is -2.14. The standard InChI is InChI=1S/C18H14Cl2F3N5/c19-11-3-1-10(2-4-11)8-25-16-15(24)17(27-9-26-16)28-12-5-6-14(20)13(7-12)18(21,22)23/h1-7,9H,8,24H2,(H2,25,26,27,28). The predicted molar refractivity (Wildman–Crippen MR) is 105 cm³/mol. The molecule has 5 nitrogen and oxygen atoms in total. The van der Waals surface area contributed by atoms with E-state index >= 15 is 0 Å². The number of halogens is 5. The molecule has 0 unspecified atom stereocenters. The van der Waals surface area contributed by atoms with Gasteiger partial charge in [-0.3, -0.25) is 0 Å². The first kappa shape index (κ1) is 20.0. The average Bonchev–Trinajstić information content (AvgIpc) is 2.64. The Bertz CT molecular complexity index is 978. The van der Waals surface area contributed by atoms with Crippen LogP contribution in [0.25, 0.3) is 0 Å². The number of nitrogen functional groups attached to an aromatic ring is 1. The Kier molecular flexibility index (Phi) is 5.81. The molecule has 0 amide bonds. The third-order valence-electron chi connectivity index (χ3n) is 3.79. The van der Waals surface area contributed by atoms with E-state index in [0.717, 1.165) is 17.7 Å². The summed E-state index contributed by atoms with van der Waals surface area (Å²) in [6.07, 6.45) is -3.32. The molecule has 146 valence electrons. The summed E-state index contributed by atoms with van der Waals surface area (Å²) in [5.74, 6) is 0.515. The first-order chi connectivity index (χ1) is 13.2. The highest BCUT2D eigenvalue weighted by atomic mass is 35.5. The van der Waals surface area contributed by atoms with Crippen LogP contribution in [0.3, 0.4) is 0 Å². The molecule has 0 saturated heterocycles. The van der Waals surface area contributed by atoms with Gasteiger partial charge in [0, 0.05) is 17.3 Å². The second-order valence-electron chi connectivity index (χ2n) is 5.78. The summed E-state index contributed by atoms with van der Waals surface area (Å²) in [5.41, 5.74) is 6.36. The van der Waals surface area contributed by atoms with Crippen LogP contribution in [0.2, 0.25) is 10.0 Å². The van der Waals surface area contributed by atoms with Gasteiger partial charge in [-0.25, -0.2) is 9.97 Å². The van der Waals surface area contributed by atoms with Crippen molar-refractivity contribution in [2.24, 2.45) is 0 Å². The second-order valence-corrected chi connectivity index (χ2v) is 6.63. The Morgan fingerprint density at radius 3 is 2.32 bits per heavy atom. The van der Waals surface area contributed by atoms with Crippen LogP contribution in [0, 0.1) is 0 Å². The van der Waals surface area contributed by atoms with E-state index in [2.05, 4.69) is 20.6 Å². The molecule has 3 rings (SSSR count). The Morgan fingerprint density at radius 2 is 1.64 bits per heavy atom. The SMILES string of the molecule is Nc1c(NCc2ccc(Cl)cc2)ncnc1Nc1ccc(Cl)c(C(F)(F)F)c1. The molecule has 28 heavy (non-hydrogen) atoms. The van der Waals surface area contributed by atoms with Gasteiger partial charge in [-0.15, -0.1) is 0 Å². The molecule has 0 aliphatic carbocycles. The molecular weight excluding hydrogens is 414 g/mol. The van der Waals surface area contributed by atoms with E-state index in [0.29, 0.717) is 17.4 Å². The summed E-state index contributed by atoms with van der Waals surface area (Å²) in [6.45, 7) is 0.428. The van der Waals surface area contributed by atoms with Crippen LogP contribution < -0.4 is 16.4 Å². The Hall–Kier alpha value is -2.71. The molecule has 1 aromatic heterocycles. The lowest BCUT2D eigenvalue weighted by atomic mass is 10.2. The normalized spacial score (nSPS) is 11.3. The minimum Gasteiger partial charge on any atom is -0.393 e. The number of benzene rings is 2. The number of nitrogens with one attached hydrogen (secondary N) is 2. The average molecular weight is 428 g/mol. The van der Waals surface area contributed by atoms with Crippen molar-refractivity contribution in [3.05, 3.63) is 70.0 Å². The van der Waals surface area contributed by atoms with Crippen molar-refractivity contribution in [1.29, 1.82) is 0 Å².